The molecule has 5 heteroatoms. The fourth-order valence-electron chi connectivity index (χ4n) is 1.85. The molecule has 0 unspecified atom stereocenters. The topological polar surface area (TPSA) is 83.6 Å². The van der Waals surface area contributed by atoms with Crippen LogP contribution in [0.15, 0.2) is 24.3 Å². The molecule has 0 aliphatic carbocycles. The SMILES string of the molecule is CC(C)CCN(CCC(=O)O)c1ccc(C(N)=O)cc1. The van der Waals surface area contributed by atoms with Crippen LogP contribution >= 0.6 is 0 Å². The first kappa shape index (κ1) is 16.0. The highest BCUT2D eigenvalue weighted by Gasteiger charge is 2.10. The summed E-state index contributed by atoms with van der Waals surface area (Å²) in [6.45, 7) is 5.51. The Bertz CT molecular complexity index is 455. The van der Waals surface area contributed by atoms with Crippen molar-refractivity contribution in [1.29, 1.82) is 0 Å². The number of primary amides is 1. The van der Waals surface area contributed by atoms with Gasteiger partial charge in [-0.3, -0.25) is 9.59 Å². The maximum Gasteiger partial charge on any atom is 0.305 e. The van der Waals surface area contributed by atoms with Crippen LogP contribution in [0.1, 0.15) is 37.0 Å². The summed E-state index contributed by atoms with van der Waals surface area (Å²) in [5.74, 6) is -0.726. The summed E-state index contributed by atoms with van der Waals surface area (Å²) in [6, 6.07) is 6.95. The quantitative estimate of drug-likeness (QED) is 0.763. The Labute approximate surface area is 119 Å². The van der Waals surface area contributed by atoms with E-state index < -0.39 is 11.9 Å². The lowest BCUT2D eigenvalue weighted by molar-refractivity contribution is -0.136. The third-order valence-corrected chi connectivity index (χ3v) is 3.09. The highest BCUT2D eigenvalue weighted by Crippen LogP contribution is 2.17. The normalized spacial score (nSPS) is 10.6. The fraction of sp³-hybridized carbons (Fsp3) is 0.467. The Kier molecular flexibility index (Phi) is 6.03. The molecule has 0 aliphatic rings. The number of hydrogen-bond donors (Lipinski definition) is 2. The molecule has 20 heavy (non-hydrogen) atoms. The Morgan fingerprint density at radius 3 is 2.25 bits per heavy atom. The molecule has 0 spiro atoms. The molecule has 0 aliphatic heterocycles. The number of carbonyl (C=O) groups excluding carboxylic acids is 1. The van der Waals surface area contributed by atoms with Crippen LogP contribution in [-0.4, -0.2) is 30.1 Å². The summed E-state index contributed by atoms with van der Waals surface area (Å²) in [5, 5.41) is 8.82. The van der Waals surface area contributed by atoms with Crippen molar-refractivity contribution >= 4 is 17.6 Å². The van der Waals surface area contributed by atoms with E-state index in [2.05, 4.69) is 13.8 Å². The van der Waals surface area contributed by atoms with Crippen molar-refractivity contribution in [1.82, 2.24) is 0 Å². The van der Waals surface area contributed by atoms with Gasteiger partial charge in [-0.1, -0.05) is 13.8 Å². The number of hydrogen-bond acceptors (Lipinski definition) is 3. The Morgan fingerprint density at radius 1 is 1.20 bits per heavy atom. The number of carbonyl (C=O) groups is 2. The van der Waals surface area contributed by atoms with Gasteiger partial charge in [0.15, 0.2) is 0 Å². The number of carboxylic acids is 1. The highest BCUT2D eigenvalue weighted by molar-refractivity contribution is 5.93. The number of anilines is 1. The van der Waals surface area contributed by atoms with Gasteiger partial charge in [0, 0.05) is 24.3 Å². The van der Waals surface area contributed by atoms with Crippen LogP contribution in [0.3, 0.4) is 0 Å². The van der Waals surface area contributed by atoms with E-state index in [-0.39, 0.29) is 6.42 Å². The number of carboxylic acid groups (broad SMARTS) is 1. The average Bonchev–Trinajstić information content (AvgIpc) is 2.38. The first-order valence-electron chi connectivity index (χ1n) is 6.76. The van der Waals surface area contributed by atoms with E-state index in [0.29, 0.717) is 18.0 Å². The van der Waals surface area contributed by atoms with Gasteiger partial charge in [0.25, 0.3) is 0 Å². The van der Waals surface area contributed by atoms with E-state index in [4.69, 9.17) is 10.8 Å². The van der Waals surface area contributed by atoms with E-state index in [1.165, 1.54) is 0 Å². The molecule has 0 atom stereocenters. The van der Waals surface area contributed by atoms with E-state index >= 15 is 0 Å². The second kappa shape index (κ2) is 7.53. The third-order valence-electron chi connectivity index (χ3n) is 3.09. The molecule has 1 aromatic rings. The maximum absolute atomic E-state index is 11.0. The second-order valence-electron chi connectivity index (χ2n) is 5.22. The minimum atomic E-state index is -0.812. The zero-order valence-corrected chi connectivity index (χ0v) is 12.0. The standard InChI is InChI=1S/C15H22N2O3/c1-11(2)7-9-17(10-8-14(18)19)13-5-3-12(4-6-13)15(16)20/h3-6,11H,7-10H2,1-2H3,(H2,16,20)(H,18,19). The number of rotatable bonds is 8. The predicted molar refractivity (Wildman–Crippen MR) is 78.9 cm³/mol. The first-order valence-corrected chi connectivity index (χ1v) is 6.76. The largest absolute Gasteiger partial charge is 0.481 e. The van der Waals surface area contributed by atoms with Crippen LogP contribution in [0.25, 0.3) is 0 Å². The number of nitrogens with two attached hydrogens (primary N) is 1. The van der Waals surface area contributed by atoms with Crippen LogP contribution < -0.4 is 10.6 Å². The van der Waals surface area contributed by atoms with Crippen molar-refractivity contribution in [2.24, 2.45) is 11.7 Å². The minimum Gasteiger partial charge on any atom is -0.481 e. The van der Waals surface area contributed by atoms with Crippen molar-refractivity contribution in [2.45, 2.75) is 26.7 Å². The van der Waals surface area contributed by atoms with Gasteiger partial charge in [-0.05, 0) is 36.6 Å². The van der Waals surface area contributed by atoms with Crippen LogP contribution in [0.2, 0.25) is 0 Å². The maximum atomic E-state index is 11.0. The van der Waals surface area contributed by atoms with Crippen molar-refractivity contribution < 1.29 is 14.7 Å². The number of nitrogens with zero attached hydrogens (tertiary/aromatic N) is 1. The van der Waals surface area contributed by atoms with E-state index in [1.54, 1.807) is 12.1 Å². The summed E-state index contributed by atoms with van der Waals surface area (Å²) in [5.41, 5.74) is 6.57. The molecule has 1 aromatic carbocycles. The molecule has 0 aromatic heterocycles. The molecule has 0 fully saturated rings. The number of amides is 1. The predicted octanol–water partition coefficient (Wildman–Crippen LogP) is 2.11. The summed E-state index contributed by atoms with van der Waals surface area (Å²) >= 11 is 0. The summed E-state index contributed by atoms with van der Waals surface area (Å²) < 4.78 is 0. The van der Waals surface area contributed by atoms with Gasteiger partial charge in [-0.15, -0.1) is 0 Å². The lowest BCUT2D eigenvalue weighted by Crippen LogP contribution is -2.28. The van der Waals surface area contributed by atoms with Crippen LogP contribution in [-0.2, 0) is 4.79 Å². The molecule has 110 valence electrons. The van der Waals surface area contributed by atoms with Crippen LogP contribution in [0.5, 0.6) is 0 Å². The van der Waals surface area contributed by atoms with Gasteiger partial charge in [0.1, 0.15) is 0 Å². The average molecular weight is 278 g/mol. The molecule has 3 N–H and O–H groups in total. The number of benzene rings is 1. The molecule has 5 nitrogen and oxygen atoms in total. The fourth-order valence-corrected chi connectivity index (χ4v) is 1.85. The molecule has 1 rings (SSSR count). The Balaban J connectivity index is 2.79. The van der Waals surface area contributed by atoms with Crippen LogP contribution in [0.4, 0.5) is 5.69 Å². The molecule has 0 saturated heterocycles. The zero-order valence-electron chi connectivity index (χ0n) is 12.0. The lowest BCUT2D eigenvalue weighted by atomic mass is 10.1. The van der Waals surface area contributed by atoms with Gasteiger partial charge in [0.2, 0.25) is 5.91 Å². The van der Waals surface area contributed by atoms with Gasteiger partial charge < -0.3 is 15.7 Å². The molecular formula is C15H22N2O3. The van der Waals surface area contributed by atoms with Gasteiger partial charge in [0.05, 0.1) is 6.42 Å². The first-order chi connectivity index (χ1) is 9.40. The zero-order chi connectivity index (χ0) is 15.1. The number of aliphatic carboxylic acids is 1. The van der Waals surface area contributed by atoms with Gasteiger partial charge in [-0.25, -0.2) is 0 Å². The summed E-state index contributed by atoms with van der Waals surface area (Å²) in [7, 11) is 0. The second-order valence-corrected chi connectivity index (χ2v) is 5.22. The summed E-state index contributed by atoms with van der Waals surface area (Å²) in [4.78, 5) is 23.8. The Morgan fingerprint density at radius 2 is 1.80 bits per heavy atom. The van der Waals surface area contributed by atoms with Gasteiger partial charge >= 0.3 is 5.97 Å². The molecule has 0 heterocycles. The van der Waals surface area contributed by atoms with Crippen molar-refractivity contribution in [2.75, 3.05) is 18.0 Å². The van der Waals surface area contributed by atoms with Crippen molar-refractivity contribution in [3.63, 3.8) is 0 Å². The smallest absolute Gasteiger partial charge is 0.305 e. The van der Waals surface area contributed by atoms with Crippen molar-refractivity contribution in [3.8, 4) is 0 Å². The molecule has 0 bridgehead atoms. The minimum absolute atomic E-state index is 0.0929. The van der Waals surface area contributed by atoms with E-state index in [0.717, 1.165) is 18.7 Å². The van der Waals surface area contributed by atoms with E-state index in [9.17, 15) is 9.59 Å². The van der Waals surface area contributed by atoms with Gasteiger partial charge in [-0.2, -0.15) is 0 Å². The summed E-state index contributed by atoms with van der Waals surface area (Å²) in [6.07, 6.45) is 1.08. The van der Waals surface area contributed by atoms with Crippen LogP contribution in [0, 0.1) is 5.92 Å². The molecule has 0 saturated carbocycles. The third kappa shape index (κ3) is 5.30. The molecule has 1 amide bonds. The Hall–Kier alpha value is -2.04. The van der Waals surface area contributed by atoms with E-state index in [1.807, 2.05) is 17.0 Å². The van der Waals surface area contributed by atoms with Crippen molar-refractivity contribution in [3.05, 3.63) is 29.8 Å². The highest BCUT2D eigenvalue weighted by atomic mass is 16.4. The molecular weight excluding hydrogens is 256 g/mol. The molecule has 0 radical (unpaired) electrons. The monoisotopic (exact) mass is 278 g/mol. The lowest BCUT2D eigenvalue weighted by Gasteiger charge is -2.25.